The minimum atomic E-state index is -0.703. The SMILES string of the molecule is CC(C=C(C#N)C(=O)N1CCCC1Cn1nc(-c2ccc(Oc3cccc(F)c3)cc2F)c2c(N)ncnc21)N(C)C(=O)OC(C)(C)C. The Morgan fingerprint density at radius 3 is 2.62 bits per heavy atom. The van der Waals surface area contributed by atoms with Gasteiger partial charge in [-0.1, -0.05) is 6.07 Å². The van der Waals surface area contributed by atoms with Crippen LogP contribution >= 0.6 is 0 Å². The number of fused-ring (bicyclic) bond motifs is 1. The third kappa shape index (κ3) is 7.35. The van der Waals surface area contributed by atoms with Gasteiger partial charge in [-0.25, -0.2) is 28.2 Å². The zero-order valence-corrected chi connectivity index (χ0v) is 27.3. The van der Waals surface area contributed by atoms with Crippen molar-refractivity contribution in [2.24, 2.45) is 0 Å². The first-order chi connectivity index (χ1) is 22.8. The lowest BCUT2D eigenvalue weighted by Gasteiger charge is -2.28. The number of anilines is 1. The molecule has 2 atom stereocenters. The van der Waals surface area contributed by atoms with Crippen molar-refractivity contribution in [2.75, 3.05) is 19.3 Å². The van der Waals surface area contributed by atoms with Crippen LogP contribution in [0.15, 0.2) is 60.4 Å². The highest BCUT2D eigenvalue weighted by molar-refractivity contribution is 5.99. The van der Waals surface area contributed by atoms with Gasteiger partial charge in [-0.2, -0.15) is 10.4 Å². The molecular formula is C34H36F2N8O4. The number of carbonyl (C=O) groups excluding carboxylic acids is 2. The molecule has 2 N–H and O–H groups in total. The fourth-order valence-electron chi connectivity index (χ4n) is 5.42. The second-order valence-corrected chi connectivity index (χ2v) is 12.5. The number of rotatable bonds is 8. The zero-order chi connectivity index (χ0) is 34.7. The Morgan fingerprint density at radius 1 is 1.19 bits per heavy atom. The number of nitrogens with zero attached hydrogens (tertiary/aromatic N) is 7. The van der Waals surface area contributed by atoms with Gasteiger partial charge in [0.1, 0.15) is 58.2 Å². The Hall–Kier alpha value is -5.58. The number of hydrogen-bond acceptors (Lipinski definition) is 9. The molecule has 2 unspecified atom stereocenters. The fraction of sp³-hybridized carbons (Fsp3) is 0.353. The summed E-state index contributed by atoms with van der Waals surface area (Å²) in [6.45, 7) is 7.54. The summed E-state index contributed by atoms with van der Waals surface area (Å²) < 4.78 is 41.8. The van der Waals surface area contributed by atoms with Crippen LogP contribution in [0.5, 0.6) is 11.5 Å². The van der Waals surface area contributed by atoms with Crippen LogP contribution in [0, 0.1) is 23.0 Å². The van der Waals surface area contributed by atoms with Gasteiger partial charge in [-0.15, -0.1) is 0 Å². The summed E-state index contributed by atoms with van der Waals surface area (Å²) in [5.74, 6) is -1.16. The van der Waals surface area contributed by atoms with Crippen LogP contribution in [0.3, 0.4) is 0 Å². The van der Waals surface area contributed by atoms with Gasteiger partial charge in [0.15, 0.2) is 5.65 Å². The third-order valence-corrected chi connectivity index (χ3v) is 7.86. The van der Waals surface area contributed by atoms with Crippen molar-refractivity contribution >= 4 is 28.9 Å². The molecule has 1 aliphatic rings. The quantitative estimate of drug-likeness (QED) is 0.182. The van der Waals surface area contributed by atoms with Gasteiger partial charge in [0.2, 0.25) is 0 Å². The summed E-state index contributed by atoms with van der Waals surface area (Å²) in [6.07, 6.45) is 3.45. The molecular weight excluding hydrogens is 622 g/mol. The predicted molar refractivity (Wildman–Crippen MR) is 173 cm³/mol. The first kappa shape index (κ1) is 33.8. The molecule has 1 saturated heterocycles. The van der Waals surface area contributed by atoms with Crippen molar-refractivity contribution in [1.29, 1.82) is 5.26 Å². The number of likely N-dealkylation sites (tertiary alicyclic amines) is 1. The predicted octanol–water partition coefficient (Wildman–Crippen LogP) is 5.84. The Kier molecular flexibility index (Phi) is 9.60. The number of likely N-dealkylation sites (N-methyl/N-ethyl adjacent to an activating group) is 1. The van der Waals surface area contributed by atoms with E-state index in [2.05, 4.69) is 15.1 Å². The van der Waals surface area contributed by atoms with Crippen LogP contribution in [0.1, 0.15) is 40.5 Å². The van der Waals surface area contributed by atoms with E-state index in [0.717, 1.165) is 0 Å². The largest absolute Gasteiger partial charge is 0.457 e. The molecule has 0 saturated carbocycles. The normalized spacial score (nSPS) is 15.7. The molecule has 3 heterocycles. The van der Waals surface area contributed by atoms with Gasteiger partial charge < -0.3 is 25.0 Å². The summed E-state index contributed by atoms with van der Waals surface area (Å²) in [6, 6.07) is 10.7. The number of amides is 2. The second-order valence-electron chi connectivity index (χ2n) is 12.5. The number of nitrogens with two attached hydrogens (primary N) is 1. The van der Waals surface area contributed by atoms with E-state index in [1.165, 1.54) is 60.7 Å². The topological polar surface area (TPSA) is 152 Å². The van der Waals surface area contributed by atoms with E-state index >= 15 is 4.39 Å². The molecule has 48 heavy (non-hydrogen) atoms. The van der Waals surface area contributed by atoms with Crippen LogP contribution in [0.4, 0.5) is 19.4 Å². The summed E-state index contributed by atoms with van der Waals surface area (Å²) in [4.78, 5) is 37.6. The first-order valence-electron chi connectivity index (χ1n) is 15.3. The summed E-state index contributed by atoms with van der Waals surface area (Å²) in [5.41, 5.74) is 6.09. The van der Waals surface area contributed by atoms with Crippen LogP contribution < -0.4 is 10.5 Å². The maximum Gasteiger partial charge on any atom is 0.410 e. The minimum Gasteiger partial charge on any atom is -0.457 e. The number of nitriles is 1. The lowest BCUT2D eigenvalue weighted by molar-refractivity contribution is -0.127. The molecule has 0 bridgehead atoms. The number of carbonyl (C=O) groups is 2. The van der Waals surface area contributed by atoms with Crippen molar-refractivity contribution in [2.45, 2.75) is 64.8 Å². The molecule has 1 aliphatic heterocycles. The molecule has 12 nitrogen and oxygen atoms in total. The van der Waals surface area contributed by atoms with Gasteiger partial charge in [0.05, 0.1) is 24.0 Å². The van der Waals surface area contributed by atoms with E-state index in [1.54, 1.807) is 43.3 Å². The Bertz CT molecular complexity index is 1930. The standard InChI is InChI=1S/C34H36F2N8O4/c1-20(42(5)33(46)48-34(2,3)4)14-21(17-37)32(45)43-13-7-9-23(43)18-44-31-28(30(38)39-19-40-31)29(41-44)26-12-11-25(16-27(26)36)47-24-10-6-8-22(35)15-24/h6,8,10-12,14-16,19-20,23H,7,9,13,18H2,1-5H3,(H2,38,39,40). The molecule has 250 valence electrons. The van der Waals surface area contributed by atoms with Crippen molar-refractivity contribution in [1.82, 2.24) is 29.5 Å². The number of aromatic nitrogens is 4. The van der Waals surface area contributed by atoms with Gasteiger partial charge in [0, 0.05) is 31.3 Å². The lowest BCUT2D eigenvalue weighted by atomic mass is 10.1. The van der Waals surface area contributed by atoms with Crippen molar-refractivity contribution in [3.63, 3.8) is 0 Å². The zero-order valence-electron chi connectivity index (χ0n) is 27.3. The summed E-state index contributed by atoms with van der Waals surface area (Å²) >= 11 is 0. The van der Waals surface area contributed by atoms with Crippen LogP contribution in [-0.4, -0.2) is 72.8 Å². The Labute approximate surface area is 276 Å². The molecule has 0 radical (unpaired) electrons. The molecule has 1 fully saturated rings. The maximum atomic E-state index is 15.6. The molecule has 2 amide bonds. The third-order valence-electron chi connectivity index (χ3n) is 7.86. The number of nitrogen functional groups attached to an aromatic ring is 1. The molecule has 2 aromatic carbocycles. The number of ether oxygens (including phenoxy) is 2. The average molecular weight is 659 g/mol. The van der Waals surface area contributed by atoms with E-state index in [-0.39, 0.29) is 46.7 Å². The number of benzene rings is 2. The van der Waals surface area contributed by atoms with E-state index < -0.39 is 35.3 Å². The lowest BCUT2D eigenvalue weighted by Crippen LogP contribution is -2.41. The Morgan fingerprint density at radius 2 is 1.94 bits per heavy atom. The van der Waals surface area contributed by atoms with E-state index in [9.17, 15) is 19.2 Å². The molecule has 14 heteroatoms. The van der Waals surface area contributed by atoms with Gasteiger partial charge >= 0.3 is 6.09 Å². The number of halogens is 2. The van der Waals surface area contributed by atoms with E-state index in [0.29, 0.717) is 30.4 Å². The van der Waals surface area contributed by atoms with Crippen LogP contribution in [0.25, 0.3) is 22.3 Å². The molecule has 5 rings (SSSR count). The highest BCUT2D eigenvalue weighted by Crippen LogP contribution is 2.35. The maximum absolute atomic E-state index is 15.6. The molecule has 2 aromatic heterocycles. The van der Waals surface area contributed by atoms with Crippen LogP contribution in [0.2, 0.25) is 0 Å². The fourth-order valence-corrected chi connectivity index (χ4v) is 5.42. The van der Waals surface area contributed by atoms with Crippen LogP contribution in [-0.2, 0) is 16.1 Å². The highest BCUT2D eigenvalue weighted by Gasteiger charge is 2.33. The van der Waals surface area contributed by atoms with E-state index in [1.807, 2.05) is 6.07 Å². The number of hydrogen-bond donors (Lipinski definition) is 1. The van der Waals surface area contributed by atoms with Crippen molar-refractivity contribution in [3.05, 3.63) is 72.1 Å². The molecule has 0 spiro atoms. The van der Waals surface area contributed by atoms with Gasteiger partial charge in [-0.3, -0.25) is 4.79 Å². The molecule has 0 aliphatic carbocycles. The average Bonchev–Trinajstić information content (AvgIpc) is 3.64. The first-order valence-corrected chi connectivity index (χ1v) is 15.3. The van der Waals surface area contributed by atoms with Gasteiger partial charge in [0.25, 0.3) is 5.91 Å². The monoisotopic (exact) mass is 658 g/mol. The molecule has 4 aromatic rings. The smallest absolute Gasteiger partial charge is 0.410 e. The van der Waals surface area contributed by atoms with Crippen molar-refractivity contribution in [3.8, 4) is 28.8 Å². The second kappa shape index (κ2) is 13.6. The Balaban J connectivity index is 1.40. The summed E-state index contributed by atoms with van der Waals surface area (Å²) in [7, 11) is 1.54. The minimum absolute atomic E-state index is 0.0953. The summed E-state index contributed by atoms with van der Waals surface area (Å²) in [5, 5.41) is 14.9. The van der Waals surface area contributed by atoms with Gasteiger partial charge in [-0.05, 0) is 70.9 Å². The van der Waals surface area contributed by atoms with Crippen molar-refractivity contribution < 1.29 is 27.8 Å². The van der Waals surface area contributed by atoms with E-state index in [4.69, 9.17) is 15.2 Å². The highest BCUT2D eigenvalue weighted by atomic mass is 19.1.